The molecule has 0 fully saturated rings. The summed E-state index contributed by atoms with van der Waals surface area (Å²) in [6.07, 6.45) is 3.10. The van der Waals surface area contributed by atoms with Gasteiger partial charge in [0.05, 0.1) is 6.26 Å². The van der Waals surface area contributed by atoms with Gasteiger partial charge in [-0.25, -0.2) is 0 Å². The highest BCUT2D eigenvalue weighted by atomic mass is 16.3. The number of nitrogens with zero attached hydrogens (tertiary/aromatic N) is 4. The zero-order chi connectivity index (χ0) is 17.8. The van der Waals surface area contributed by atoms with Crippen LogP contribution in [0.4, 0.5) is 5.95 Å². The molecule has 0 amide bonds. The van der Waals surface area contributed by atoms with E-state index in [2.05, 4.69) is 20.4 Å². The van der Waals surface area contributed by atoms with Gasteiger partial charge in [-0.05, 0) is 29.8 Å². The fourth-order valence-corrected chi connectivity index (χ4v) is 2.45. The molecule has 0 saturated carbocycles. The molecular weight excluding hydrogens is 330 g/mol. The Balaban J connectivity index is 1.67. The lowest BCUT2D eigenvalue weighted by Gasteiger charge is -2.06. The Hall–Kier alpha value is -3.74. The van der Waals surface area contributed by atoms with Gasteiger partial charge in [0.1, 0.15) is 5.69 Å². The average molecular weight is 345 g/mol. The average Bonchev–Trinajstić information content (AvgIpc) is 3.37. The number of carbonyl (C=O) groups excluding carboxylic acids is 1. The van der Waals surface area contributed by atoms with E-state index in [1.54, 1.807) is 36.5 Å². The van der Waals surface area contributed by atoms with Gasteiger partial charge in [0, 0.05) is 12.7 Å². The second-order valence-electron chi connectivity index (χ2n) is 5.51. The van der Waals surface area contributed by atoms with Crippen LogP contribution in [0.2, 0.25) is 0 Å². The van der Waals surface area contributed by atoms with Crippen molar-refractivity contribution >= 4 is 11.9 Å². The minimum absolute atomic E-state index is 0.283. The van der Waals surface area contributed by atoms with E-state index in [1.165, 1.54) is 10.9 Å². The molecule has 0 unspecified atom stereocenters. The summed E-state index contributed by atoms with van der Waals surface area (Å²) in [5.41, 5.74) is 1.35. The van der Waals surface area contributed by atoms with Crippen molar-refractivity contribution in [2.24, 2.45) is 0 Å². The van der Waals surface area contributed by atoms with Gasteiger partial charge >= 0.3 is 0 Å². The van der Waals surface area contributed by atoms with Gasteiger partial charge in [-0.15, -0.1) is 5.10 Å². The zero-order valence-corrected chi connectivity index (χ0v) is 13.7. The van der Waals surface area contributed by atoms with E-state index in [0.29, 0.717) is 24.1 Å². The van der Waals surface area contributed by atoms with E-state index in [1.807, 2.05) is 30.3 Å². The van der Waals surface area contributed by atoms with Gasteiger partial charge in [0.25, 0.3) is 5.91 Å². The second kappa shape index (κ2) is 7.02. The molecule has 26 heavy (non-hydrogen) atoms. The number of nitrogens with one attached hydrogen (secondary N) is 1. The van der Waals surface area contributed by atoms with Crippen LogP contribution in [-0.2, 0) is 6.54 Å². The number of aromatic nitrogens is 4. The van der Waals surface area contributed by atoms with E-state index in [9.17, 15) is 4.79 Å². The Bertz CT molecular complexity index is 995. The van der Waals surface area contributed by atoms with Gasteiger partial charge in [-0.1, -0.05) is 36.4 Å². The number of furan rings is 1. The molecule has 0 radical (unpaired) electrons. The first-order chi connectivity index (χ1) is 12.8. The maximum absolute atomic E-state index is 12.8. The number of hydrogen-bond donors (Lipinski definition) is 1. The van der Waals surface area contributed by atoms with E-state index in [0.717, 1.165) is 5.56 Å². The Morgan fingerprint density at radius 1 is 1.04 bits per heavy atom. The molecule has 3 aromatic heterocycles. The van der Waals surface area contributed by atoms with E-state index in [-0.39, 0.29) is 11.6 Å². The van der Waals surface area contributed by atoms with Crippen molar-refractivity contribution in [3.8, 4) is 11.6 Å². The van der Waals surface area contributed by atoms with E-state index in [4.69, 9.17) is 4.42 Å². The van der Waals surface area contributed by atoms with Crippen LogP contribution >= 0.6 is 0 Å². The van der Waals surface area contributed by atoms with Crippen molar-refractivity contribution in [1.82, 2.24) is 19.7 Å². The molecule has 0 atom stereocenters. The molecular formula is C19H15N5O2. The predicted octanol–water partition coefficient (Wildman–Crippen LogP) is 3.23. The highest BCUT2D eigenvalue weighted by Gasteiger charge is 2.20. The highest BCUT2D eigenvalue weighted by molar-refractivity contribution is 5.95. The minimum Gasteiger partial charge on any atom is -0.461 e. The first kappa shape index (κ1) is 15.8. The monoisotopic (exact) mass is 345 g/mol. The Labute approximate surface area is 149 Å². The van der Waals surface area contributed by atoms with Crippen molar-refractivity contribution in [3.63, 3.8) is 0 Å². The molecule has 0 aliphatic heterocycles. The summed E-state index contributed by atoms with van der Waals surface area (Å²) in [5.74, 6) is 0.776. The second-order valence-corrected chi connectivity index (χ2v) is 5.51. The normalized spacial score (nSPS) is 10.6. The molecule has 3 heterocycles. The largest absolute Gasteiger partial charge is 0.461 e. The maximum atomic E-state index is 12.8. The van der Waals surface area contributed by atoms with Crippen LogP contribution in [0, 0.1) is 0 Å². The summed E-state index contributed by atoms with van der Waals surface area (Å²) in [6.45, 7) is 0.507. The molecule has 0 spiro atoms. The van der Waals surface area contributed by atoms with Gasteiger partial charge < -0.3 is 9.73 Å². The van der Waals surface area contributed by atoms with Gasteiger partial charge in [0.15, 0.2) is 5.76 Å². The number of anilines is 1. The number of rotatable bonds is 5. The Morgan fingerprint density at radius 3 is 2.62 bits per heavy atom. The van der Waals surface area contributed by atoms with Gasteiger partial charge in [-0.3, -0.25) is 9.78 Å². The summed E-state index contributed by atoms with van der Waals surface area (Å²) in [7, 11) is 0. The van der Waals surface area contributed by atoms with Crippen molar-refractivity contribution in [2.75, 3.05) is 5.32 Å². The molecule has 1 N–H and O–H groups in total. The summed E-state index contributed by atoms with van der Waals surface area (Å²) in [4.78, 5) is 21.3. The third kappa shape index (κ3) is 3.23. The molecule has 0 saturated heterocycles. The first-order valence-corrected chi connectivity index (χ1v) is 8.06. The van der Waals surface area contributed by atoms with Crippen LogP contribution < -0.4 is 5.32 Å². The van der Waals surface area contributed by atoms with E-state index >= 15 is 0 Å². The molecule has 7 heteroatoms. The highest BCUT2D eigenvalue weighted by Crippen LogP contribution is 2.19. The summed E-state index contributed by atoms with van der Waals surface area (Å²) in [6, 6.07) is 18.5. The topological polar surface area (TPSA) is 85.8 Å². The molecule has 1 aromatic carbocycles. The SMILES string of the molecule is O=C(c1ccccn1)n1nc(-c2ccco2)nc1NCc1ccccc1. The number of pyridine rings is 1. The molecule has 0 bridgehead atoms. The zero-order valence-electron chi connectivity index (χ0n) is 13.7. The van der Waals surface area contributed by atoms with Crippen molar-refractivity contribution < 1.29 is 9.21 Å². The lowest BCUT2D eigenvalue weighted by atomic mass is 10.2. The molecule has 4 aromatic rings. The quantitative estimate of drug-likeness (QED) is 0.598. The van der Waals surface area contributed by atoms with Gasteiger partial charge in [0.2, 0.25) is 11.8 Å². The maximum Gasteiger partial charge on any atom is 0.299 e. The van der Waals surface area contributed by atoms with E-state index < -0.39 is 0 Å². The fourth-order valence-electron chi connectivity index (χ4n) is 2.45. The van der Waals surface area contributed by atoms with Crippen LogP contribution in [-0.4, -0.2) is 25.7 Å². The molecule has 4 rings (SSSR count). The summed E-state index contributed by atoms with van der Waals surface area (Å²) < 4.78 is 6.55. The van der Waals surface area contributed by atoms with Gasteiger partial charge in [-0.2, -0.15) is 9.67 Å². The number of carbonyl (C=O) groups is 1. The Kier molecular flexibility index (Phi) is 4.26. The van der Waals surface area contributed by atoms with Crippen molar-refractivity contribution in [2.45, 2.75) is 6.54 Å². The van der Waals surface area contributed by atoms with Crippen LogP contribution in [0.25, 0.3) is 11.6 Å². The molecule has 0 aliphatic rings. The minimum atomic E-state index is -0.369. The first-order valence-electron chi connectivity index (χ1n) is 8.06. The van der Waals surface area contributed by atoms with Crippen LogP contribution in [0.15, 0.2) is 77.5 Å². The third-order valence-corrected chi connectivity index (χ3v) is 3.72. The Morgan fingerprint density at radius 2 is 1.88 bits per heavy atom. The van der Waals surface area contributed by atoms with Crippen LogP contribution in [0.5, 0.6) is 0 Å². The summed E-state index contributed by atoms with van der Waals surface area (Å²) in [5, 5.41) is 7.46. The lowest BCUT2D eigenvalue weighted by Crippen LogP contribution is -2.18. The molecule has 7 nitrogen and oxygen atoms in total. The lowest BCUT2D eigenvalue weighted by molar-refractivity contribution is 0.0942. The smallest absolute Gasteiger partial charge is 0.299 e. The van der Waals surface area contributed by atoms with Crippen molar-refractivity contribution in [3.05, 3.63) is 84.4 Å². The predicted molar refractivity (Wildman–Crippen MR) is 95.5 cm³/mol. The molecule has 0 aliphatic carbocycles. The number of hydrogen-bond acceptors (Lipinski definition) is 6. The standard InChI is InChI=1S/C19H15N5O2/c25-18(15-9-4-5-11-20-15)24-19(21-13-14-7-2-1-3-8-14)22-17(23-24)16-10-6-12-26-16/h1-12H,13H2,(H,21,22,23). The fraction of sp³-hybridized carbons (Fsp3) is 0.0526. The third-order valence-electron chi connectivity index (χ3n) is 3.72. The summed E-state index contributed by atoms with van der Waals surface area (Å²) >= 11 is 0. The molecule has 128 valence electrons. The van der Waals surface area contributed by atoms with Crippen molar-refractivity contribution in [1.29, 1.82) is 0 Å². The number of benzene rings is 1. The van der Waals surface area contributed by atoms with Crippen LogP contribution in [0.3, 0.4) is 0 Å². The van der Waals surface area contributed by atoms with Crippen LogP contribution in [0.1, 0.15) is 16.1 Å².